The van der Waals surface area contributed by atoms with E-state index in [1.165, 1.54) is 0 Å². The molecule has 2 amide bonds. The van der Waals surface area contributed by atoms with Crippen molar-refractivity contribution in [1.82, 2.24) is 10.6 Å². The molecule has 128 valence electrons. The predicted molar refractivity (Wildman–Crippen MR) is 90.3 cm³/mol. The highest BCUT2D eigenvalue weighted by atomic mass is 16.3. The maximum Gasteiger partial charge on any atom is 0.315 e. The van der Waals surface area contributed by atoms with Gasteiger partial charge in [0.15, 0.2) is 0 Å². The summed E-state index contributed by atoms with van der Waals surface area (Å²) < 4.78 is 0. The lowest BCUT2D eigenvalue weighted by Crippen LogP contribution is -2.49. The molecule has 0 heterocycles. The minimum Gasteiger partial charge on any atom is -0.393 e. The van der Waals surface area contributed by atoms with Crippen LogP contribution in [-0.2, 0) is 0 Å². The van der Waals surface area contributed by atoms with Crippen LogP contribution in [0.25, 0.3) is 0 Å². The molecule has 0 saturated heterocycles. The molecule has 1 aromatic rings. The lowest BCUT2D eigenvalue weighted by atomic mass is 9.92. The molecule has 1 fully saturated rings. The van der Waals surface area contributed by atoms with Crippen molar-refractivity contribution in [3.8, 4) is 0 Å². The number of carbonyl (C=O) groups excluding carboxylic acids is 1. The molecule has 0 spiro atoms. The summed E-state index contributed by atoms with van der Waals surface area (Å²) in [6, 6.07) is 9.49. The Morgan fingerprint density at radius 2 is 1.96 bits per heavy atom. The van der Waals surface area contributed by atoms with Gasteiger partial charge in [0.05, 0.1) is 18.2 Å². The quantitative estimate of drug-likeness (QED) is 0.648. The SMILES string of the molecule is CC(O)CC(CNC(=O)NC1CCCCC1O)c1ccccc1. The van der Waals surface area contributed by atoms with Crippen LogP contribution in [0, 0.1) is 0 Å². The highest BCUT2D eigenvalue weighted by Gasteiger charge is 2.24. The number of aliphatic hydroxyl groups is 2. The Balaban J connectivity index is 1.86. The molecule has 5 heteroatoms. The Bertz CT molecular complexity index is 478. The topological polar surface area (TPSA) is 81.6 Å². The number of urea groups is 1. The second-order valence-electron chi connectivity index (χ2n) is 6.50. The third-order valence-corrected chi connectivity index (χ3v) is 4.45. The van der Waals surface area contributed by atoms with Gasteiger partial charge in [0.2, 0.25) is 0 Å². The van der Waals surface area contributed by atoms with Crippen molar-refractivity contribution in [3.63, 3.8) is 0 Å². The lowest BCUT2D eigenvalue weighted by molar-refractivity contribution is 0.0942. The fraction of sp³-hybridized carbons (Fsp3) is 0.611. The Morgan fingerprint density at radius 1 is 1.26 bits per heavy atom. The van der Waals surface area contributed by atoms with Crippen LogP contribution in [0.4, 0.5) is 4.79 Å². The van der Waals surface area contributed by atoms with Crippen LogP contribution in [0.5, 0.6) is 0 Å². The zero-order valence-corrected chi connectivity index (χ0v) is 13.7. The van der Waals surface area contributed by atoms with Gasteiger partial charge in [0, 0.05) is 12.5 Å². The largest absolute Gasteiger partial charge is 0.393 e. The molecule has 4 unspecified atom stereocenters. The molecule has 4 N–H and O–H groups in total. The maximum absolute atomic E-state index is 12.1. The van der Waals surface area contributed by atoms with E-state index in [-0.39, 0.29) is 18.0 Å². The summed E-state index contributed by atoms with van der Waals surface area (Å²) in [4.78, 5) is 12.1. The first kappa shape index (κ1) is 17.8. The second-order valence-corrected chi connectivity index (χ2v) is 6.50. The number of benzene rings is 1. The van der Waals surface area contributed by atoms with Gasteiger partial charge >= 0.3 is 6.03 Å². The van der Waals surface area contributed by atoms with Crippen LogP contribution in [0.1, 0.15) is 50.5 Å². The maximum atomic E-state index is 12.1. The minimum atomic E-state index is -0.447. The number of rotatable bonds is 6. The number of aliphatic hydroxyl groups excluding tert-OH is 2. The molecule has 1 aliphatic rings. The third-order valence-electron chi connectivity index (χ3n) is 4.45. The number of nitrogens with one attached hydrogen (secondary N) is 2. The molecule has 2 rings (SSSR count). The Kier molecular flexibility index (Phi) is 6.86. The van der Waals surface area contributed by atoms with Crippen molar-refractivity contribution in [2.75, 3.05) is 6.54 Å². The zero-order chi connectivity index (χ0) is 16.7. The van der Waals surface area contributed by atoms with E-state index in [4.69, 9.17) is 0 Å². The van der Waals surface area contributed by atoms with Gasteiger partial charge in [-0.05, 0) is 31.7 Å². The Labute approximate surface area is 138 Å². The van der Waals surface area contributed by atoms with Crippen molar-refractivity contribution >= 4 is 6.03 Å². The fourth-order valence-corrected chi connectivity index (χ4v) is 3.19. The molecular weight excluding hydrogens is 292 g/mol. The van der Waals surface area contributed by atoms with Gasteiger partial charge in [0.1, 0.15) is 0 Å². The van der Waals surface area contributed by atoms with Crippen molar-refractivity contribution in [1.29, 1.82) is 0 Å². The minimum absolute atomic E-state index is 0.0678. The number of hydrogen-bond acceptors (Lipinski definition) is 3. The van der Waals surface area contributed by atoms with Gasteiger partial charge in [-0.1, -0.05) is 43.2 Å². The van der Waals surface area contributed by atoms with E-state index in [0.717, 1.165) is 31.2 Å². The van der Waals surface area contributed by atoms with Crippen LogP contribution < -0.4 is 10.6 Å². The molecule has 4 atom stereocenters. The van der Waals surface area contributed by atoms with Crippen LogP contribution in [-0.4, -0.2) is 41.0 Å². The van der Waals surface area contributed by atoms with E-state index in [9.17, 15) is 15.0 Å². The van der Waals surface area contributed by atoms with E-state index >= 15 is 0 Å². The van der Waals surface area contributed by atoms with Crippen LogP contribution in [0.15, 0.2) is 30.3 Å². The number of amides is 2. The van der Waals surface area contributed by atoms with Crippen molar-refractivity contribution in [3.05, 3.63) is 35.9 Å². The average molecular weight is 320 g/mol. The normalized spacial score (nSPS) is 23.8. The van der Waals surface area contributed by atoms with Crippen LogP contribution in [0.3, 0.4) is 0 Å². The standard InChI is InChI=1S/C18H28N2O3/c1-13(21)11-15(14-7-3-2-4-8-14)12-19-18(23)20-16-9-5-6-10-17(16)22/h2-4,7-8,13,15-17,21-22H,5-6,9-12H2,1H3,(H2,19,20,23). The van der Waals surface area contributed by atoms with Gasteiger partial charge in [-0.2, -0.15) is 0 Å². The van der Waals surface area contributed by atoms with Gasteiger partial charge in [-0.15, -0.1) is 0 Å². The van der Waals surface area contributed by atoms with Crippen LogP contribution in [0.2, 0.25) is 0 Å². The molecule has 0 bridgehead atoms. The molecule has 5 nitrogen and oxygen atoms in total. The van der Waals surface area contributed by atoms with Crippen molar-refractivity contribution in [2.45, 2.75) is 63.2 Å². The number of carbonyl (C=O) groups is 1. The molecular formula is C18H28N2O3. The smallest absolute Gasteiger partial charge is 0.315 e. The van der Waals surface area contributed by atoms with Crippen molar-refractivity contribution in [2.24, 2.45) is 0 Å². The molecule has 0 aliphatic heterocycles. The van der Waals surface area contributed by atoms with Crippen LogP contribution >= 0.6 is 0 Å². The van der Waals surface area contributed by atoms with Gasteiger partial charge in [-0.25, -0.2) is 4.79 Å². The Morgan fingerprint density at radius 3 is 2.61 bits per heavy atom. The summed E-state index contributed by atoms with van der Waals surface area (Å²) in [7, 11) is 0. The second kappa shape index (κ2) is 8.89. The van der Waals surface area contributed by atoms with E-state index in [2.05, 4.69) is 10.6 Å². The van der Waals surface area contributed by atoms with Gasteiger partial charge < -0.3 is 20.8 Å². The summed E-state index contributed by atoms with van der Waals surface area (Å²) in [5, 5.41) is 25.3. The molecule has 0 radical (unpaired) electrons. The fourth-order valence-electron chi connectivity index (χ4n) is 3.19. The first-order chi connectivity index (χ1) is 11.1. The summed E-state index contributed by atoms with van der Waals surface area (Å²) in [5.41, 5.74) is 1.10. The van der Waals surface area contributed by atoms with Gasteiger partial charge in [-0.3, -0.25) is 0 Å². The van der Waals surface area contributed by atoms with E-state index in [0.29, 0.717) is 13.0 Å². The average Bonchev–Trinajstić information content (AvgIpc) is 2.54. The van der Waals surface area contributed by atoms with E-state index < -0.39 is 12.2 Å². The highest BCUT2D eigenvalue weighted by Crippen LogP contribution is 2.21. The Hall–Kier alpha value is -1.59. The summed E-state index contributed by atoms with van der Waals surface area (Å²) in [5.74, 6) is 0.0678. The van der Waals surface area contributed by atoms with E-state index in [1.54, 1.807) is 6.92 Å². The summed E-state index contributed by atoms with van der Waals surface area (Å²) in [6.45, 7) is 2.22. The summed E-state index contributed by atoms with van der Waals surface area (Å²) >= 11 is 0. The first-order valence-electron chi connectivity index (χ1n) is 8.51. The van der Waals surface area contributed by atoms with E-state index in [1.807, 2.05) is 30.3 Å². The van der Waals surface area contributed by atoms with Crippen molar-refractivity contribution < 1.29 is 15.0 Å². The predicted octanol–water partition coefficient (Wildman–Crippen LogP) is 2.14. The molecule has 1 aliphatic carbocycles. The molecule has 1 saturated carbocycles. The molecule has 23 heavy (non-hydrogen) atoms. The van der Waals surface area contributed by atoms with Gasteiger partial charge in [0.25, 0.3) is 0 Å². The highest BCUT2D eigenvalue weighted by molar-refractivity contribution is 5.74. The lowest BCUT2D eigenvalue weighted by Gasteiger charge is -2.28. The molecule has 0 aromatic heterocycles. The summed E-state index contributed by atoms with van der Waals surface area (Å²) in [6.07, 6.45) is 3.35. The first-order valence-corrected chi connectivity index (χ1v) is 8.51. The third kappa shape index (κ3) is 5.84. The monoisotopic (exact) mass is 320 g/mol. The number of hydrogen-bond donors (Lipinski definition) is 4. The zero-order valence-electron chi connectivity index (χ0n) is 13.7. The molecule has 1 aromatic carbocycles.